The average Bonchev–Trinajstić information content (AvgIpc) is 2.57. The van der Waals surface area contributed by atoms with Gasteiger partial charge in [-0.3, -0.25) is 0 Å². The lowest BCUT2D eigenvalue weighted by Gasteiger charge is -2.25. The third-order valence-electron chi connectivity index (χ3n) is 4.46. The Hall–Kier alpha value is -0.600. The summed E-state index contributed by atoms with van der Waals surface area (Å²) in [5.74, 6) is 0. The van der Waals surface area contributed by atoms with Crippen molar-refractivity contribution in [2.75, 3.05) is 13.1 Å². The van der Waals surface area contributed by atoms with Gasteiger partial charge in [0.25, 0.3) is 0 Å². The van der Waals surface area contributed by atoms with Gasteiger partial charge < -0.3 is 0 Å². The smallest absolute Gasteiger partial charge is 0.211 e. The van der Waals surface area contributed by atoms with Crippen molar-refractivity contribution in [1.82, 2.24) is 4.31 Å². The van der Waals surface area contributed by atoms with Crippen molar-refractivity contribution >= 4 is 10.0 Å². The van der Waals surface area contributed by atoms with E-state index in [9.17, 15) is 13.7 Å². The highest BCUT2D eigenvalue weighted by Crippen LogP contribution is 2.18. The molecular formula is C19H38N2O2S. The van der Waals surface area contributed by atoms with Gasteiger partial charge in [-0.15, -0.1) is 0 Å². The van der Waals surface area contributed by atoms with E-state index in [1.165, 1.54) is 0 Å². The van der Waals surface area contributed by atoms with Crippen molar-refractivity contribution in [3.8, 4) is 6.07 Å². The van der Waals surface area contributed by atoms with Crippen LogP contribution in [0.15, 0.2) is 0 Å². The summed E-state index contributed by atoms with van der Waals surface area (Å²) in [5.41, 5.74) is 0. The number of nitriles is 1. The average molecular weight is 359 g/mol. The highest BCUT2D eigenvalue weighted by molar-refractivity contribution is 7.90. The first kappa shape index (κ1) is 23.4. The summed E-state index contributed by atoms with van der Waals surface area (Å²) in [5, 5.41) is 8.50. The summed E-state index contributed by atoms with van der Waals surface area (Å²) >= 11 is 0. The molecule has 24 heavy (non-hydrogen) atoms. The van der Waals surface area contributed by atoms with Crippen molar-refractivity contribution in [2.45, 2.75) is 103 Å². The number of rotatable bonds is 16. The lowest BCUT2D eigenvalue weighted by molar-refractivity contribution is 0.381. The van der Waals surface area contributed by atoms with Crippen molar-refractivity contribution in [2.24, 2.45) is 0 Å². The van der Waals surface area contributed by atoms with Crippen LogP contribution in [0.4, 0.5) is 0 Å². The first-order valence-electron chi connectivity index (χ1n) is 9.93. The van der Waals surface area contributed by atoms with E-state index in [1.807, 2.05) is 0 Å². The van der Waals surface area contributed by atoms with Crippen LogP contribution in [0.3, 0.4) is 0 Å². The predicted molar refractivity (Wildman–Crippen MR) is 102 cm³/mol. The van der Waals surface area contributed by atoms with E-state index >= 15 is 0 Å². The predicted octanol–water partition coefficient (Wildman–Crippen LogP) is 5.25. The third-order valence-corrected chi connectivity index (χ3v) is 6.60. The van der Waals surface area contributed by atoms with E-state index in [-0.39, 0.29) is 0 Å². The first-order valence-corrected chi connectivity index (χ1v) is 11.4. The van der Waals surface area contributed by atoms with E-state index in [4.69, 9.17) is 0 Å². The van der Waals surface area contributed by atoms with Crippen LogP contribution in [0, 0.1) is 11.3 Å². The highest BCUT2D eigenvalue weighted by atomic mass is 32.2. The maximum atomic E-state index is 12.9. The summed E-state index contributed by atoms with van der Waals surface area (Å²) in [7, 11) is -3.50. The second-order valence-electron chi connectivity index (χ2n) is 6.68. The molecule has 0 aliphatic carbocycles. The van der Waals surface area contributed by atoms with Crippen LogP contribution in [-0.4, -0.2) is 31.1 Å². The van der Waals surface area contributed by atoms with Gasteiger partial charge in [0.1, 0.15) is 0 Å². The molecule has 0 aliphatic heterocycles. The van der Waals surface area contributed by atoms with E-state index in [0.717, 1.165) is 70.6 Å². The number of nitrogens with zero attached hydrogens (tertiary/aromatic N) is 2. The van der Waals surface area contributed by atoms with Gasteiger partial charge in [-0.2, -0.15) is 5.26 Å². The van der Waals surface area contributed by atoms with Crippen LogP contribution in [0.5, 0.6) is 0 Å². The first-order chi connectivity index (χ1) is 11.5. The Balaban J connectivity index is 4.79. The van der Waals surface area contributed by atoms with E-state index in [2.05, 4.69) is 26.8 Å². The number of hydrogen-bond acceptors (Lipinski definition) is 3. The number of hydrogen-bond donors (Lipinski definition) is 0. The summed E-state index contributed by atoms with van der Waals surface area (Å²) in [6, 6.07) is 2.06. The highest BCUT2D eigenvalue weighted by Gasteiger charge is 2.31. The molecule has 0 spiro atoms. The van der Waals surface area contributed by atoms with Crippen molar-refractivity contribution in [3.63, 3.8) is 0 Å². The Morgan fingerprint density at radius 3 is 1.67 bits per heavy atom. The second-order valence-corrected chi connectivity index (χ2v) is 8.79. The molecule has 1 unspecified atom stereocenters. The van der Waals surface area contributed by atoms with Crippen LogP contribution in [0.1, 0.15) is 97.8 Å². The SMILES string of the molecule is CCCCCCN(CCCCCC)S(=O)(=O)C(C#N)CCCCC. The minimum absolute atomic E-state index is 0.465. The van der Waals surface area contributed by atoms with Crippen LogP contribution < -0.4 is 0 Å². The molecule has 0 rings (SSSR count). The van der Waals surface area contributed by atoms with Gasteiger partial charge in [0.15, 0.2) is 5.25 Å². The maximum Gasteiger partial charge on any atom is 0.230 e. The van der Waals surface area contributed by atoms with Crippen molar-refractivity contribution in [1.29, 1.82) is 5.26 Å². The molecule has 0 radical (unpaired) electrons. The Bertz CT molecular complexity index is 417. The van der Waals surface area contributed by atoms with Gasteiger partial charge in [-0.05, 0) is 19.3 Å². The second kappa shape index (κ2) is 14.7. The molecule has 0 aliphatic rings. The topological polar surface area (TPSA) is 61.2 Å². The van der Waals surface area contributed by atoms with Crippen LogP contribution in [0.25, 0.3) is 0 Å². The van der Waals surface area contributed by atoms with Gasteiger partial charge in [0.2, 0.25) is 10.0 Å². The molecular weight excluding hydrogens is 320 g/mol. The molecule has 142 valence electrons. The molecule has 5 heteroatoms. The van der Waals surface area contributed by atoms with E-state index < -0.39 is 15.3 Å². The third kappa shape index (κ3) is 9.64. The summed E-state index contributed by atoms with van der Waals surface area (Å²) in [6.45, 7) is 7.53. The Morgan fingerprint density at radius 2 is 1.25 bits per heavy atom. The Kier molecular flexibility index (Phi) is 14.4. The maximum absolute atomic E-state index is 12.9. The minimum atomic E-state index is -3.50. The van der Waals surface area contributed by atoms with E-state index in [1.54, 1.807) is 4.31 Å². The van der Waals surface area contributed by atoms with Crippen LogP contribution in [0.2, 0.25) is 0 Å². The zero-order valence-corrected chi connectivity index (χ0v) is 16.9. The summed E-state index contributed by atoms with van der Waals surface area (Å²) in [6.07, 6.45) is 11.8. The molecule has 0 saturated carbocycles. The Morgan fingerprint density at radius 1 is 0.792 bits per heavy atom. The van der Waals surface area contributed by atoms with Crippen molar-refractivity contribution in [3.05, 3.63) is 0 Å². The standard InChI is InChI=1S/C19H38N2O2S/c1-4-7-10-13-16-21(17-14-11-8-5-2)24(22,23)19(18-20)15-12-9-6-3/h19H,4-17H2,1-3H3. The molecule has 0 bridgehead atoms. The summed E-state index contributed by atoms with van der Waals surface area (Å²) < 4.78 is 27.4. The monoisotopic (exact) mass is 358 g/mol. The fourth-order valence-corrected chi connectivity index (χ4v) is 4.56. The molecule has 0 fully saturated rings. The molecule has 4 nitrogen and oxygen atoms in total. The number of sulfonamides is 1. The van der Waals surface area contributed by atoms with Gasteiger partial charge in [0.05, 0.1) is 6.07 Å². The quantitative estimate of drug-likeness (QED) is 0.354. The molecule has 0 aromatic carbocycles. The van der Waals surface area contributed by atoms with Gasteiger partial charge in [-0.25, -0.2) is 12.7 Å². The lowest BCUT2D eigenvalue weighted by atomic mass is 10.2. The van der Waals surface area contributed by atoms with Crippen LogP contribution >= 0.6 is 0 Å². The molecule has 0 aromatic heterocycles. The zero-order valence-electron chi connectivity index (χ0n) is 16.1. The largest absolute Gasteiger partial charge is 0.230 e. The van der Waals surface area contributed by atoms with Crippen molar-refractivity contribution < 1.29 is 8.42 Å². The number of unbranched alkanes of at least 4 members (excludes halogenated alkanes) is 8. The normalized spacial score (nSPS) is 13.1. The van der Waals surface area contributed by atoms with Gasteiger partial charge in [0, 0.05) is 13.1 Å². The van der Waals surface area contributed by atoms with Gasteiger partial charge >= 0.3 is 0 Å². The molecule has 0 N–H and O–H groups in total. The molecule has 0 amide bonds. The molecule has 0 heterocycles. The lowest BCUT2D eigenvalue weighted by Crippen LogP contribution is -2.39. The fraction of sp³-hybridized carbons (Fsp3) is 0.947. The minimum Gasteiger partial charge on any atom is -0.211 e. The fourth-order valence-electron chi connectivity index (χ4n) is 2.84. The Labute approximate surface area is 150 Å². The molecule has 0 saturated heterocycles. The molecule has 1 atom stereocenters. The van der Waals surface area contributed by atoms with Crippen LogP contribution in [-0.2, 0) is 10.0 Å². The zero-order chi connectivity index (χ0) is 18.3. The molecule has 0 aromatic rings. The van der Waals surface area contributed by atoms with E-state index in [0.29, 0.717) is 19.5 Å². The summed E-state index contributed by atoms with van der Waals surface area (Å²) in [4.78, 5) is 0. The van der Waals surface area contributed by atoms with Gasteiger partial charge in [-0.1, -0.05) is 78.6 Å².